The van der Waals surface area contributed by atoms with Gasteiger partial charge in [-0.25, -0.2) is 18.7 Å². The average Bonchev–Trinajstić information content (AvgIpc) is 3.02. The molecule has 0 amide bonds. The lowest BCUT2D eigenvalue weighted by Crippen LogP contribution is -2.26. The van der Waals surface area contributed by atoms with E-state index in [9.17, 15) is 8.78 Å². The molecule has 21 heavy (non-hydrogen) atoms. The smallest absolute Gasteiger partial charge is 0.248 e. The highest BCUT2D eigenvalue weighted by Gasteiger charge is 2.36. The molecule has 0 aliphatic heterocycles. The van der Waals surface area contributed by atoms with Crippen LogP contribution >= 0.6 is 0 Å². The topological polar surface area (TPSA) is 46.5 Å². The van der Waals surface area contributed by atoms with E-state index in [1.54, 1.807) is 6.20 Å². The number of aromatic nitrogens is 4. The van der Waals surface area contributed by atoms with Crippen LogP contribution in [0.25, 0.3) is 22.1 Å². The van der Waals surface area contributed by atoms with E-state index in [1.807, 2.05) is 19.2 Å². The number of H-pyrrole nitrogens is 1. The van der Waals surface area contributed by atoms with Crippen molar-refractivity contribution < 1.29 is 8.78 Å². The summed E-state index contributed by atoms with van der Waals surface area (Å²) in [5, 5.41) is 1.01. The molecule has 0 radical (unpaired) electrons. The molecule has 1 fully saturated rings. The third-order valence-corrected chi connectivity index (χ3v) is 4.46. The van der Waals surface area contributed by atoms with Gasteiger partial charge >= 0.3 is 0 Å². The maximum absolute atomic E-state index is 13.4. The third-order valence-electron chi connectivity index (χ3n) is 4.46. The number of pyridine rings is 1. The zero-order valence-corrected chi connectivity index (χ0v) is 11.7. The van der Waals surface area contributed by atoms with Crippen molar-refractivity contribution >= 4 is 22.1 Å². The SMILES string of the molecule is Cc1nc2cnc3[nH]ccc3c2n1C1CCC(F)(F)CC1. The van der Waals surface area contributed by atoms with Gasteiger partial charge in [-0.3, -0.25) is 0 Å². The van der Waals surface area contributed by atoms with E-state index in [4.69, 9.17) is 0 Å². The minimum absolute atomic E-state index is 0.0435. The molecule has 1 saturated carbocycles. The van der Waals surface area contributed by atoms with E-state index >= 15 is 0 Å². The Labute approximate surface area is 120 Å². The first-order valence-corrected chi connectivity index (χ1v) is 7.24. The Bertz CT molecular complexity index is 808. The van der Waals surface area contributed by atoms with Crippen molar-refractivity contribution in [1.82, 2.24) is 19.5 Å². The third kappa shape index (κ3) is 1.92. The fourth-order valence-corrected chi connectivity index (χ4v) is 3.44. The molecule has 3 aromatic rings. The average molecular weight is 290 g/mol. The van der Waals surface area contributed by atoms with Crippen molar-refractivity contribution in [2.45, 2.75) is 44.6 Å². The van der Waals surface area contributed by atoms with Crippen molar-refractivity contribution in [1.29, 1.82) is 0 Å². The van der Waals surface area contributed by atoms with Crippen LogP contribution in [0.1, 0.15) is 37.5 Å². The first-order valence-electron chi connectivity index (χ1n) is 7.24. The number of aryl methyl sites for hydroxylation is 1. The quantitative estimate of drug-likeness (QED) is 0.737. The second kappa shape index (κ2) is 4.26. The zero-order valence-electron chi connectivity index (χ0n) is 11.7. The highest BCUT2D eigenvalue weighted by Crippen LogP contribution is 2.40. The number of rotatable bonds is 1. The standard InChI is InChI=1S/C15H16F2N4/c1-9-20-12-8-19-14-11(4-7-18-14)13(12)21(9)10-2-5-15(16,17)6-3-10/h4,7-8,10H,2-3,5-6H2,1H3,(H,18,19). The Kier molecular flexibility index (Phi) is 2.58. The van der Waals surface area contributed by atoms with Gasteiger partial charge in [-0.1, -0.05) is 0 Å². The van der Waals surface area contributed by atoms with Gasteiger partial charge < -0.3 is 9.55 Å². The van der Waals surface area contributed by atoms with Gasteiger partial charge in [0, 0.05) is 30.5 Å². The lowest BCUT2D eigenvalue weighted by Gasteiger charge is -2.30. The summed E-state index contributed by atoms with van der Waals surface area (Å²) in [6.07, 6.45) is 4.49. The number of halogens is 2. The van der Waals surface area contributed by atoms with Gasteiger partial charge in [0.1, 0.15) is 17.0 Å². The fraction of sp³-hybridized carbons (Fsp3) is 0.467. The first-order chi connectivity index (χ1) is 10.1. The van der Waals surface area contributed by atoms with Crippen LogP contribution in [0.5, 0.6) is 0 Å². The summed E-state index contributed by atoms with van der Waals surface area (Å²) in [7, 11) is 0. The van der Waals surface area contributed by atoms with Gasteiger partial charge in [0.2, 0.25) is 5.92 Å². The molecule has 4 nitrogen and oxygen atoms in total. The number of imidazole rings is 1. The van der Waals surface area contributed by atoms with E-state index in [2.05, 4.69) is 19.5 Å². The van der Waals surface area contributed by atoms with Crippen LogP contribution < -0.4 is 0 Å². The molecular weight excluding hydrogens is 274 g/mol. The van der Waals surface area contributed by atoms with Crippen LogP contribution in [0.3, 0.4) is 0 Å². The van der Waals surface area contributed by atoms with Gasteiger partial charge in [0.05, 0.1) is 11.7 Å². The number of nitrogens with zero attached hydrogens (tertiary/aromatic N) is 3. The van der Waals surface area contributed by atoms with E-state index in [0.717, 1.165) is 27.9 Å². The number of hydrogen-bond acceptors (Lipinski definition) is 2. The molecule has 1 aliphatic carbocycles. The Hall–Kier alpha value is -1.98. The summed E-state index contributed by atoms with van der Waals surface area (Å²) < 4.78 is 28.9. The Morgan fingerprint density at radius 2 is 2.10 bits per heavy atom. The number of hydrogen-bond donors (Lipinski definition) is 1. The predicted octanol–water partition coefficient (Wildman–Crippen LogP) is 3.97. The molecule has 110 valence electrons. The van der Waals surface area contributed by atoms with Crippen molar-refractivity contribution in [3.63, 3.8) is 0 Å². The molecule has 1 N–H and O–H groups in total. The number of aromatic amines is 1. The van der Waals surface area contributed by atoms with Crippen LogP contribution in [-0.2, 0) is 0 Å². The first kappa shape index (κ1) is 12.7. The van der Waals surface area contributed by atoms with E-state index in [0.29, 0.717) is 12.8 Å². The molecule has 0 unspecified atom stereocenters. The molecular formula is C15H16F2N4. The normalized spacial score (nSPS) is 19.6. The highest BCUT2D eigenvalue weighted by molar-refractivity contribution is 6.01. The maximum Gasteiger partial charge on any atom is 0.248 e. The fourth-order valence-electron chi connectivity index (χ4n) is 3.44. The summed E-state index contributed by atoms with van der Waals surface area (Å²) in [6.45, 7) is 1.94. The predicted molar refractivity (Wildman–Crippen MR) is 76.6 cm³/mol. The van der Waals surface area contributed by atoms with E-state index in [1.165, 1.54) is 0 Å². The van der Waals surface area contributed by atoms with Crippen molar-refractivity contribution in [3.8, 4) is 0 Å². The molecule has 0 aromatic carbocycles. The van der Waals surface area contributed by atoms with Crippen LogP contribution in [0.15, 0.2) is 18.5 Å². The molecule has 1 aliphatic rings. The maximum atomic E-state index is 13.4. The van der Waals surface area contributed by atoms with Gasteiger partial charge in [0.15, 0.2) is 0 Å². The summed E-state index contributed by atoms with van der Waals surface area (Å²) in [5.41, 5.74) is 2.65. The summed E-state index contributed by atoms with van der Waals surface area (Å²) in [4.78, 5) is 12.0. The van der Waals surface area contributed by atoms with Crippen molar-refractivity contribution in [3.05, 3.63) is 24.3 Å². The molecule has 0 atom stereocenters. The monoisotopic (exact) mass is 290 g/mol. The lowest BCUT2D eigenvalue weighted by molar-refractivity contribution is -0.0437. The number of fused-ring (bicyclic) bond motifs is 3. The van der Waals surface area contributed by atoms with Gasteiger partial charge in [0.25, 0.3) is 0 Å². The summed E-state index contributed by atoms with van der Waals surface area (Å²) >= 11 is 0. The number of nitrogens with one attached hydrogen (secondary N) is 1. The van der Waals surface area contributed by atoms with Gasteiger partial charge in [-0.05, 0) is 25.8 Å². The summed E-state index contributed by atoms with van der Waals surface area (Å²) in [6, 6.07) is 2.06. The van der Waals surface area contributed by atoms with Crippen molar-refractivity contribution in [2.24, 2.45) is 0 Å². The van der Waals surface area contributed by atoms with E-state index in [-0.39, 0.29) is 18.9 Å². The molecule has 3 heterocycles. The van der Waals surface area contributed by atoms with Crippen molar-refractivity contribution in [2.75, 3.05) is 0 Å². The Balaban J connectivity index is 1.88. The van der Waals surface area contributed by atoms with Crippen LogP contribution in [0.2, 0.25) is 0 Å². The molecule has 0 spiro atoms. The highest BCUT2D eigenvalue weighted by atomic mass is 19.3. The summed E-state index contributed by atoms with van der Waals surface area (Å²) in [5.74, 6) is -1.64. The molecule has 0 saturated heterocycles. The zero-order chi connectivity index (χ0) is 14.6. The van der Waals surface area contributed by atoms with Crippen LogP contribution in [0, 0.1) is 6.92 Å². The molecule has 0 bridgehead atoms. The molecule has 6 heteroatoms. The number of alkyl halides is 2. The Morgan fingerprint density at radius 1 is 1.33 bits per heavy atom. The molecule has 3 aromatic heterocycles. The second-order valence-electron chi connectivity index (χ2n) is 5.85. The molecule has 4 rings (SSSR count). The largest absolute Gasteiger partial charge is 0.346 e. The van der Waals surface area contributed by atoms with Gasteiger partial charge in [-0.2, -0.15) is 0 Å². The minimum atomic E-state index is -2.51. The Morgan fingerprint density at radius 3 is 2.86 bits per heavy atom. The minimum Gasteiger partial charge on any atom is -0.346 e. The second-order valence-corrected chi connectivity index (χ2v) is 5.85. The lowest BCUT2D eigenvalue weighted by atomic mass is 9.92. The van der Waals surface area contributed by atoms with Crippen LogP contribution in [-0.4, -0.2) is 25.4 Å². The van der Waals surface area contributed by atoms with E-state index < -0.39 is 5.92 Å². The van der Waals surface area contributed by atoms with Crippen LogP contribution in [0.4, 0.5) is 8.78 Å². The van der Waals surface area contributed by atoms with Gasteiger partial charge in [-0.15, -0.1) is 0 Å².